The fourth-order valence-corrected chi connectivity index (χ4v) is 5.86. The van der Waals surface area contributed by atoms with Crippen molar-refractivity contribution in [3.8, 4) is 11.8 Å². The lowest BCUT2D eigenvalue weighted by Crippen LogP contribution is -2.26. The van der Waals surface area contributed by atoms with Gasteiger partial charge in [0.05, 0.1) is 5.16 Å². The molecule has 0 radical (unpaired) electrons. The average molecular weight is 440 g/mol. The number of isothiocyanates is 1. The van der Waals surface area contributed by atoms with Crippen LogP contribution in [0.25, 0.3) is 0 Å². The fourth-order valence-electron chi connectivity index (χ4n) is 5.77. The van der Waals surface area contributed by atoms with Gasteiger partial charge in [-0.2, -0.15) is 4.99 Å². The Labute approximate surface area is 190 Å². The van der Waals surface area contributed by atoms with Crippen molar-refractivity contribution in [1.29, 1.82) is 0 Å². The van der Waals surface area contributed by atoms with Crippen LogP contribution >= 0.6 is 12.2 Å². The molecule has 1 nitrogen and oxygen atoms in total. The van der Waals surface area contributed by atoms with Gasteiger partial charge in [-0.25, -0.2) is 8.78 Å². The van der Waals surface area contributed by atoms with Crippen LogP contribution in [0.1, 0.15) is 83.1 Å². The van der Waals surface area contributed by atoms with E-state index in [1.807, 2.05) is 5.16 Å². The first-order valence-electron chi connectivity index (χ1n) is 11.8. The maximum absolute atomic E-state index is 14.0. The van der Waals surface area contributed by atoms with Crippen molar-refractivity contribution in [3.05, 3.63) is 40.5 Å². The van der Waals surface area contributed by atoms with Gasteiger partial charge < -0.3 is 0 Å². The first kappa shape index (κ1) is 22.4. The molecule has 3 aliphatic rings. The smallest absolute Gasteiger partial charge is 0.153 e. The van der Waals surface area contributed by atoms with Gasteiger partial charge in [0.1, 0.15) is 5.69 Å². The predicted molar refractivity (Wildman–Crippen MR) is 125 cm³/mol. The van der Waals surface area contributed by atoms with Gasteiger partial charge in [0.25, 0.3) is 0 Å². The zero-order chi connectivity index (χ0) is 21.8. The minimum atomic E-state index is -0.760. The van der Waals surface area contributed by atoms with E-state index in [4.69, 9.17) is 0 Å². The maximum atomic E-state index is 14.0. The zero-order valence-electron chi connectivity index (χ0n) is 18.4. The first-order chi connectivity index (χ1) is 15.0. The summed E-state index contributed by atoms with van der Waals surface area (Å²) in [5.41, 5.74) is 2.41. The Hall–Kier alpha value is -1.82. The summed E-state index contributed by atoms with van der Waals surface area (Å²) >= 11 is 4.44. The summed E-state index contributed by atoms with van der Waals surface area (Å²) in [6.45, 7) is 2.18. The number of thiocarbonyl (C=S) groups is 1. The summed E-state index contributed by atoms with van der Waals surface area (Å²) < 4.78 is 28.0. The van der Waals surface area contributed by atoms with Gasteiger partial charge in [0, 0.05) is 11.1 Å². The van der Waals surface area contributed by atoms with E-state index < -0.39 is 17.3 Å². The van der Waals surface area contributed by atoms with Crippen LogP contribution < -0.4 is 0 Å². The van der Waals surface area contributed by atoms with Crippen molar-refractivity contribution >= 4 is 23.1 Å². The molecule has 1 aromatic carbocycles. The Balaban J connectivity index is 1.35. The molecule has 2 saturated carbocycles. The van der Waals surface area contributed by atoms with Crippen LogP contribution in [-0.4, -0.2) is 5.16 Å². The van der Waals surface area contributed by atoms with Crippen molar-refractivity contribution < 1.29 is 8.78 Å². The zero-order valence-corrected chi connectivity index (χ0v) is 19.2. The lowest BCUT2D eigenvalue weighted by atomic mass is 9.67. The molecule has 4 heteroatoms. The largest absolute Gasteiger partial charge is 0.204 e. The highest BCUT2D eigenvalue weighted by atomic mass is 32.1. The Kier molecular flexibility index (Phi) is 7.36. The number of hydrogen-bond donors (Lipinski definition) is 0. The van der Waals surface area contributed by atoms with Gasteiger partial charge in [-0.3, -0.25) is 0 Å². The van der Waals surface area contributed by atoms with E-state index in [1.54, 1.807) is 0 Å². The maximum Gasteiger partial charge on any atom is 0.153 e. The highest BCUT2D eigenvalue weighted by Crippen LogP contribution is 2.44. The number of allylic oxidation sites excluding steroid dienone is 2. The lowest BCUT2D eigenvalue weighted by molar-refractivity contribution is 0.154. The third-order valence-corrected chi connectivity index (χ3v) is 7.92. The number of halogens is 2. The van der Waals surface area contributed by atoms with Crippen LogP contribution in [0.2, 0.25) is 0 Å². The highest BCUT2D eigenvalue weighted by molar-refractivity contribution is 7.78. The summed E-state index contributed by atoms with van der Waals surface area (Å²) in [5, 5.41) is 2.01. The van der Waals surface area contributed by atoms with Crippen molar-refractivity contribution in [2.45, 2.75) is 77.6 Å². The van der Waals surface area contributed by atoms with E-state index in [0.29, 0.717) is 5.56 Å². The molecular formula is C27H31F2NS. The third kappa shape index (κ3) is 5.51. The summed E-state index contributed by atoms with van der Waals surface area (Å²) in [5.74, 6) is 8.26. The lowest BCUT2D eigenvalue weighted by Gasteiger charge is -2.38. The summed E-state index contributed by atoms with van der Waals surface area (Å²) in [6.07, 6.45) is 14.8. The van der Waals surface area contributed by atoms with E-state index in [-0.39, 0.29) is 0 Å². The Morgan fingerprint density at radius 1 is 0.935 bits per heavy atom. The second-order valence-electron chi connectivity index (χ2n) is 9.82. The normalized spacial score (nSPS) is 26.5. The van der Waals surface area contributed by atoms with Crippen molar-refractivity contribution in [2.24, 2.45) is 28.7 Å². The Morgan fingerprint density at radius 2 is 1.61 bits per heavy atom. The number of aliphatic imine (C=N–C) groups is 1. The Bertz CT molecular complexity index is 928. The van der Waals surface area contributed by atoms with Gasteiger partial charge in [0.2, 0.25) is 0 Å². The minimum Gasteiger partial charge on any atom is -0.204 e. The molecule has 0 aromatic heterocycles. The number of nitrogens with zero attached hydrogens (tertiary/aromatic N) is 1. The average Bonchev–Trinajstić information content (AvgIpc) is 2.73. The Morgan fingerprint density at radius 3 is 2.19 bits per heavy atom. The molecule has 1 atom stereocenters. The summed E-state index contributed by atoms with van der Waals surface area (Å²) in [7, 11) is 0. The van der Waals surface area contributed by atoms with Crippen LogP contribution in [0.5, 0.6) is 0 Å². The number of hydrogen-bond acceptors (Lipinski definition) is 2. The van der Waals surface area contributed by atoms with E-state index in [1.165, 1.54) is 75.5 Å². The van der Waals surface area contributed by atoms with Gasteiger partial charge in [-0.15, -0.1) is 0 Å². The molecule has 164 valence electrons. The van der Waals surface area contributed by atoms with Crippen LogP contribution in [0.4, 0.5) is 14.5 Å². The molecule has 0 heterocycles. The van der Waals surface area contributed by atoms with E-state index in [2.05, 4.69) is 36.0 Å². The molecule has 0 spiro atoms. The van der Waals surface area contributed by atoms with Crippen molar-refractivity contribution in [2.75, 3.05) is 0 Å². The predicted octanol–water partition coefficient (Wildman–Crippen LogP) is 8.16. The highest BCUT2D eigenvalue weighted by Gasteiger charge is 2.31. The molecule has 2 fully saturated rings. The van der Waals surface area contributed by atoms with Gasteiger partial charge >= 0.3 is 0 Å². The third-order valence-electron chi connectivity index (χ3n) is 7.83. The van der Waals surface area contributed by atoms with Gasteiger partial charge in [-0.1, -0.05) is 49.5 Å². The van der Waals surface area contributed by atoms with Crippen LogP contribution in [-0.2, 0) is 0 Å². The van der Waals surface area contributed by atoms with Crippen LogP contribution in [0, 0.1) is 47.1 Å². The van der Waals surface area contributed by atoms with Gasteiger partial charge in [0.15, 0.2) is 11.6 Å². The molecular weight excluding hydrogens is 408 g/mol. The minimum absolute atomic E-state index is 0.325. The summed E-state index contributed by atoms with van der Waals surface area (Å²) in [6, 6.07) is 2.43. The first-order valence-corrected chi connectivity index (χ1v) is 12.2. The molecule has 0 bridgehead atoms. The standard InChI is InChI=1S/C27H31F2NS/c1-18-13-24(23-9-5-20(6-10-23)14-19-3-2-4-19)12-11-22(18)8-7-21-15-25(28)27(30-17-31)26(29)16-21/h15-16,19-20,23-24H,2-6,9-14H2,1H3. The van der Waals surface area contributed by atoms with Crippen molar-refractivity contribution in [1.82, 2.24) is 0 Å². The van der Waals surface area contributed by atoms with E-state index in [0.717, 1.165) is 42.1 Å². The van der Waals surface area contributed by atoms with Crippen LogP contribution in [0.3, 0.4) is 0 Å². The van der Waals surface area contributed by atoms with Crippen molar-refractivity contribution in [3.63, 3.8) is 0 Å². The molecule has 0 saturated heterocycles. The number of rotatable bonds is 4. The van der Waals surface area contributed by atoms with Crippen LogP contribution in [0.15, 0.2) is 28.3 Å². The molecule has 1 aromatic rings. The molecule has 0 aliphatic heterocycles. The molecule has 3 aliphatic carbocycles. The molecule has 0 amide bonds. The molecule has 31 heavy (non-hydrogen) atoms. The quantitative estimate of drug-likeness (QED) is 0.262. The molecule has 0 N–H and O–H groups in total. The second-order valence-corrected chi connectivity index (χ2v) is 10.00. The SMILES string of the molecule is CC1=C(C#Cc2cc(F)c(N=C=S)c(F)c2)CCC(C2CCC(CC3CCC3)CC2)C1. The summed E-state index contributed by atoms with van der Waals surface area (Å²) in [4.78, 5) is 3.44. The second kappa shape index (κ2) is 10.2. The van der Waals surface area contributed by atoms with E-state index in [9.17, 15) is 8.78 Å². The van der Waals surface area contributed by atoms with E-state index >= 15 is 0 Å². The topological polar surface area (TPSA) is 12.4 Å². The number of benzene rings is 1. The van der Waals surface area contributed by atoms with Gasteiger partial charge in [-0.05, 0) is 93.5 Å². The fraction of sp³-hybridized carbons (Fsp3) is 0.593. The monoisotopic (exact) mass is 439 g/mol. The molecule has 4 rings (SSSR count). The molecule has 1 unspecified atom stereocenters.